The molecule has 1 heterocycles. The zero-order valence-corrected chi connectivity index (χ0v) is 12.0. The van der Waals surface area contributed by atoms with Crippen LogP contribution < -0.4 is 10.9 Å². The van der Waals surface area contributed by atoms with Crippen LogP contribution in [0.5, 0.6) is 0 Å². The molecular weight excluding hydrogens is 268 g/mol. The number of hydrazine groups is 1. The Balaban J connectivity index is 2.31. The van der Waals surface area contributed by atoms with Gasteiger partial charge in [-0.15, -0.1) is 11.3 Å². The number of amides is 1. The fraction of sp³-hybridized carbons (Fsp3) is 0.500. The lowest BCUT2D eigenvalue weighted by molar-refractivity contribution is -0.136. The average molecular weight is 286 g/mol. The summed E-state index contributed by atoms with van der Waals surface area (Å²) in [6.45, 7) is 5.77. The molecule has 1 aromatic heterocycles. The van der Waals surface area contributed by atoms with Crippen molar-refractivity contribution in [1.82, 2.24) is 10.9 Å². The summed E-state index contributed by atoms with van der Waals surface area (Å²) >= 11 is 1.39. The molecule has 0 aliphatic heterocycles. The third-order valence-electron chi connectivity index (χ3n) is 1.89. The minimum absolute atomic E-state index is 0.0180. The van der Waals surface area contributed by atoms with Crippen LogP contribution in [0.15, 0.2) is 12.1 Å². The second-order valence-electron chi connectivity index (χ2n) is 4.92. The summed E-state index contributed by atoms with van der Waals surface area (Å²) < 4.78 is 5.05. The molecule has 0 saturated carbocycles. The molecule has 0 unspecified atom stereocenters. The van der Waals surface area contributed by atoms with E-state index in [0.717, 1.165) is 9.75 Å². The molecule has 0 aliphatic rings. The van der Waals surface area contributed by atoms with Gasteiger partial charge in [-0.2, -0.15) is 0 Å². The van der Waals surface area contributed by atoms with Gasteiger partial charge >= 0.3 is 12.1 Å². The lowest BCUT2D eigenvalue weighted by Gasteiger charge is -2.19. The molecule has 6 nitrogen and oxygen atoms in total. The van der Waals surface area contributed by atoms with E-state index in [0.29, 0.717) is 6.54 Å². The monoisotopic (exact) mass is 286 g/mol. The van der Waals surface area contributed by atoms with Gasteiger partial charge in [-0.1, -0.05) is 0 Å². The summed E-state index contributed by atoms with van der Waals surface area (Å²) in [5.41, 5.74) is 4.61. The zero-order chi connectivity index (χ0) is 14.5. The second-order valence-corrected chi connectivity index (χ2v) is 6.17. The number of hydrogen-bond acceptors (Lipinski definition) is 5. The van der Waals surface area contributed by atoms with Crippen LogP contribution in [0.1, 0.15) is 30.5 Å². The Labute approximate surface area is 115 Å². The second kappa shape index (κ2) is 6.53. The number of carboxylic acid groups (broad SMARTS) is 1. The number of aliphatic carboxylic acids is 1. The van der Waals surface area contributed by atoms with Gasteiger partial charge in [-0.05, 0) is 32.9 Å². The Kier molecular flexibility index (Phi) is 5.31. The van der Waals surface area contributed by atoms with Gasteiger partial charge in [0.1, 0.15) is 5.60 Å². The molecule has 106 valence electrons. The van der Waals surface area contributed by atoms with Crippen molar-refractivity contribution >= 4 is 23.4 Å². The fourth-order valence-electron chi connectivity index (χ4n) is 1.27. The molecule has 0 aromatic carbocycles. The van der Waals surface area contributed by atoms with Crippen LogP contribution in [0.3, 0.4) is 0 Å². The lowest BCUT2D eigenvalue weighted by atomic mass is 10.2. The molecule has 7 heteroatoms. The molecule has 0 radical (unpaired) electrons. The van der Waals surface area contributed by atoms with Crippen molar-refractivity contribution in [2.24, 2.45) is 0 Å². The normalized spacial score (nSPS) is 11.1. The topological polar surface area (TPSA) is 87.7 Å². The first kappa shape index (κ1) is 15.5. The summed E-state index contributed by atoms with van der Waals surface area (Å²) in [6, 6.07) is 3.59. The highest BCUT2D eigenvalue weighted by Crippen LogP contribution is 2.16. The van der Waals surface area contributed by atoms with Gasteiger partial charge in [0.05, 0.1) is 6.42 Å². The molecule has 0 saturated heterocycles. The molecule has 1 aromatic rings. The van der Waals surface area contributed by atoms with E-state index in [1.165, 1.54) is 11.3 Å². The van der Waals surface area contributed by atoms with Crippen LogP contribution >= 0.6 is 11.3 Å². The molecule has 0 atom stereocenters. The number of hydrogen-bond donors (Lipinski definition) is 3. The smallest absolute Gasteiger partial charge is 0.422 e. The van der Waals surface area contributed by atoms with E-state index in [1.807, 2.05) is 6.07 Å². The molecule has 1 rings (SSSR count). The molecule has 0 bridgehead atoms. The Morgan fingerprint density at radius 1 is 1.32 bits per heavy atom. The first-order valence-corrected chi connectivity index (χ1v) is 6.59. The van der Waals surface area contributed by atoms with E-state index >= 15 is 0 Å². The molecule has 0 aliphatic carbocycles. The number of carbonyl (C=O) groups excluding carboxylic acids is 1. The minimum Gasteiger partial charge on any atom is -0.481 e. The summed E-state index contributed by atoms with van der Waals surface area (Å²) in [5.74, 6) is -0.853. The van der Waals surface area contributed by atoms with Gasteiger partial charge in [-0.3, -0.25) is 10.2 Å². The van der Waals surface area contributed by atoms with Gasteiger partial charge in [0.15, 0.2) is 0 Å². The number of rotatable bonds is 5. The highest BCUT2D eigenvalue weighted by atomic mass is 32.1. The number of thiophene rings is 1. The Morgan fingerprint density at radius 2 is 1.95 bits per heavy atom. The van der Waals surface area contributed by atoms with Crippen LogP contribution in [-0.4, -0.2) is 22.8 Å². The van der Waals surface area contributed by atoms with Crippen molar-refractivity contribution in [2.45, 2.75) is 39.3 Å². The van der Waals surface area contributed by atoms with Crippen molar-refractivity contribution in [3.05, 3.63) is 21.9 Å². The SMILES string of the molecule is CC(C)(C)OC(=O)NNCc1ccc(CC(=O)O)s1. The first-order chi connectivity index (χ1) is 8.76. The molecule has 3 N–H and O–H groups in total. The van der Waals surface area contributed by atoms with Crippen molar-refractivity contribution in [3.8, 4) is 0 Å². The van der Waals surface area contributed by atoms with E-state index in [9.17, 15) is 9.59 Å². The Morgan fingerprint density at radius 3 is 2.53 bits per heavy atom. The lowest BCUT2D eigenvalue weighted by Crippen LogP contribution is -2.40. The maximum atomic E-state index is 11.3. The van der Waals surface area contributed by atoms with Gasteiger partial charge in [0.2, 0.25) is 0 Å². The zero-order valence-electron chi connectivity index (χ0n) is 11.1. The summed E-state index contributed by atoms with van der Waals surface area (Å²) in [4.78, 5) is 23.6. The van der Waals surface area contributed by atoms with Crippen LogP contribution in [0.2, 0.25) is 0 Å². The highest BCUT2D eigenvalue weighted by Gasteiger charge is 2.15. The molecule has 0 spiro atoms. The molecular formula is C12H18N2O4S. The van der Waals surface area contributed by atoms with Gasteiger partial charge in [0.25, 0.3) is 0 Å². The predicted octanol–water partition coefficient (Wildman–Crippen LogP) is 1.90. The fourth-order valence-corrected chi connectivity index (χ4v) is 2.22. The van der Waals surface area contributed by atoms with E-state index < -0.39 is 17.7 Å². The minimum atomic E-state index is -0.853. The molecule has 0 fully saturated rings. The predicted molar refractivity (Wildman–Crippen MR) is 71.9 cm³/mol. The summed E-state index contributed by atoms with van der Waals surface area (Å²) in [5, 5.41) is 8.65. The van der Waals surface area contributed by atoms with Crippen LogP contribution in [0.4, 0.5) is 4.79 Å². The number of ether oxygens (including phenoxy) is 1. The Hall–Kier alpha value is -1.60. The van der Waals surface area contributed by atoms with Crippen molar-refractivity contribution < 1.29 is 19.4 Å². The summed E-state index contributed by atoms with van der Waals surface area (Å²) in [7, 11) is 0. The van der Waals surface area contributed by atoms with Crippen molar-refractivity contribution in [1.29, 1.82) is 0 Å². The largest absolute Gasteiger partial charge is 0.481 e. The highest BCUT2D eigenvalue weighted by molar-refractivity contribution is 7.12. The van der Waals surface area contributed by atoms with Gasteiger partial charge in [0, 0.05) is 16.3 Å². The third-order valence-corrected chi connectivity index (χ3v) is 2.98. The van der Waals surface area contributed by atoms with Crippen LogP contribution in [0.25, 0.3) is 0 Å². The van der Waals surface area contributed by atoms with Gasteiger partial charge in [-0.25, -0.2) is 10.2 Å². The van der Waals surface area contributed by atoms with Crippen molar-refractivity contribution in [2.75, 3.05) is 0 Å². The van der Waals surface area contributed by atoms with Crippen molar-refractivity contribution in [3.63, 3.8) is 0 Å². The maximum absolute atomic E-state index is 11.3. The maximum Gasteiger partial charge on any atom is 0.422 e. The van der Waals surface area contributed by atoms with E-state index in [1.54, 1.807) is 26.8 Å². The van der Waals surface area contributed by atoms with E-state index in [2.05, 4.69) is 10.9 Å². The number of carboxylic acids is 1. The first-order valence-electron chi connectivity index (χ1n) is 5.77. The molecule has 19 heavy (non-hydrogen) atoms. The van der Waals surface area contributed by atoms with Gasteiger partial charge < -0.3 is 9.84 Å². The number of carbonyl (C=O) groups is 2. The molecule has 1 amide bonds. The van der Waals surface area contributed by atoms with Crippen LogP contribution in [-0.2, 0) is 22.5 Å². The van der Waals surface area contributed by atoms with E-state index in [4.69, 9.17) is 9.84 Å². The number of nitrogens with one attached hydrogen (secondary N) is 2. The standard InChI is InChI=1S/C12H18N2O4S/c1-12(2,3)18-11(17)14-13-7-9-5-4-8(19-9)6-10(15)16/h4-5,13H,6-7H2,1-3H3,(H,14,17)(H,15,16). The average Bonchev–Trinajstić information content (AvgIpc) is 2.61. The van der Waals surface area contributed by atoms with E-state index in [-0.39, 0.29) is 6.42 Å². The van der Waals surface area contributed by atoms with Crippen LogP contribution in [0, 0.1) is 0 Å². The Bertz CT molecular complexity index is 451. The quantitative estimate of drug-likeness (QED) is 0.720. The summed E-state index contributed by atoms with van der Waals surface area (Å²) in [6.07, 6.45) is -0.528. The third kappa shape index (κ3) is 6.78.